The Labute approximate surface area is 170 Å². The Balaban J connectivity index is 1.54. The van der Waals surface area contributed by atoms with Crippen molar-refractivity contribution in [2.75, 3.05) is 11.4 Å². The van der Waals surface area contributed by atoms with E-state index in [1.807, 2.05) is 30.3 Å². The van der Waals surface area contributed by atoms with E-state index in [1.54, 1.807) is 4.90 Å². The molecule has 1 aromatic carbocycles. The van der Waals surface area contributed by atoms with Gasteiger partial charge in [0.2, 0.25) is 5.91 Å². The van der Waals surface area contributed by atoms with Crippen LogP contribution in [0.4, 0.5) is 10.5 Å². The number of urea groups is 1. The summed E-state index contributed by atoms with van der Waals surface area (Å²) in [5, 5.41) is 0. The molecule has 1 aliphatic heterocycles. The molecular weight excluding hydrogens is 370 g/mol. The molecule has 154 valence electrons. The highest BCUT2D eigenvalue weighted by Gasteiger charge is 2.49. The minimum Gasteiger partial charge on any atom is -0.308 e. The molecule has 1 heterocycles. The van der Waals surface area contributed by atoms with Crippen molar-refractivity contribution in [2.45, 2.75) is 69.9 Å². The second-order valence-corrected chi connectivity index (χ2v) is 8.18. The van der Waals surface area contributed by atoms with Crippen LogP contribution in [0.1, 0.15) is 57.8 Å². The van der Waals surface area contributed by atoms with Gasteiger partial charge in [-0.3, -0.25) is 19.3 Å². The summed E-state index contributed by atoms with van der Waals surface area (Å²) in [6.45, 7) is -0.391. The maximum atomic E-state index is 13.3. The summed E-state index contributed by atoms with van der Waals surface area (Å²) in [4.78, 5) is 54.7. The van der Waals surface area contributed by atoms with Gasteiger partial charge in [0.05, 0.1) is 0 Å². The van der Waals surface area contributed by atoms with Crippen LogP contribution in [0.3, 0.4) is 0 Å². The predicted octanol–water partition coefficient (Wildman–Crippen LogP) is 3.09. The summed E-state index contributed by atoms with van der Waals surface area (Å²) in [6.07, 6.45) is 8.40. The first kappa shape index (κ1) is 19.6. The van der Waals surface area contributed by atoms with Crippen LogP contribution in [0.15, 0.2) is 30.3 Å². The number of carbonyl (C=O) groups excluding carboxylic acids is 4. The fourth-order valence-electron chi connectivity index (χ4n) is 4.84. The van der Waals surface area contributed by atoms with Gasteiger partial charge < -0.3 is 4.90 Å². The van der Waals surface area contributed by atoms with Crippen LogP contribution in [0, 0.1) is 0 Å². The lowest BCUT2D eigenvalue weighted by Crippen LogP contribution is -2.48. The monoisotopic (exact) mass is 397 g/mol. The SMILES string of the molecule is O=C1C(=O)N(C2CCCC2)C(=O)N1CC(=O)N(c1ccccc1)C1CCCCC1. The summed E-state index contributed by atoms with van der Waals surface area (Å²) < 4.78 is 0. The molecule has 5 amide bonds. The maximum Gasteiger partial charge on any atom is 0.334 e. The topological polar surface area (TPSA) is 78.0 Å². The molecule has 2 aliphatic carbocycles. The van der Waals surface area contributed by atoms with Crippen LogP contribution < -0.4 is 4.90 Å². The zero-order chi connectivity index (χ0) is 20.4. The standard InChI is InChI=1S/C22H27N3O4/c26-19(24(16-9-3-1-4-10-16)17-11-5-2-6-12-17)15-23-20(27)21(28)25(22(23)29)18-13-7-8-14-18/h1,3-4,9-10,17-18H,2,5-8,11-15H2. The smallest absolute Gasteiger partial charge is 0.308 e. The lowest BCUT2D eigenvalue weighted by Gasteiger charge is -2.35. The molecule has 1 saturated heterocycles. The van der Waals surface area contributed by atoms with Crippen LogP contribution in [-0.2, 0) is 14.4 Å². The first-order valence-corrected chi connectivity index (χ1v) is 10.6. The van der Waals surface area contributed by atoms with Crippen molar-refractivity contribution in [1.29, 1.82) is 0 Å². The van der Waals surface area contributed by atoms with E-state index >= 15 is 0 Å². The third-order valence-electron chi connectivity index (χ3n) is 6.31. The summed E-state index contributed by atoms with van der Waals surface area (Å²) in [5.74, 6) is -1.99. The molecule has 0 atom stereocenters. The van der Waals surface area contributed by atoms with Gasteiger partial charge in [0.15, 0.2) is 0 Å². The normalized spacial score (nSPS) is 21.3. The van der Waals surface area contributed by atoms with E-state index < -0.39 is 24.4 Å². The van der Waals surface area contributed by atoms with Crippen molar-refractivity contribution in [3.8, 4) is 0 Å². The van der Waals surface area contributed by atoms with E-state index in [9.17, 15) is 19.2 Å². The van der Waals surface area contributed by atoms with Crippen molar-refractivity contribution >= 4 is 29.4 Å². The highest BCUT2D eigenvalue weighted by atomic mass is 16.2. The highest BCUT2D eigenvalue weighted by molar-refractivity contribution is 6.45. The van der Waals surface area contributed by atoms with Gasteiger partial charge in [-0.2, -0.15) is 0 Å². The van der Waals surface area contributed by atoms with Crippen molar-refractivity contribution in [2.24, 2.45) is 0 Å². The molecular formula is C22H27N3O4. The highest BCUT2D eigenvalue weighted by Crippen LogP contribution is 2.30. The lowest BCUT2D eigenvalue weighted by atomic mass is 9.93. The van der Waals surface area contributed by atoms with E-state index in [4.69, 9.17) is 0 Å². The summed E-state index contributed by atoms with van der Waals surface area (Å²) in [5.41, 5.74) is 0.766. The van der Waals surface area contributed by atoms with Gasteiger partial charge in [-0.25, -0.2) is 9.69 Å². The lowest BCUT2D eigenvalue weighted by molar-refractivity contribution is -0.144. The van der Waals surface area contributed by atoms with Crippen LogP contribution in [0.5, 0.6) is 0 Å². The summed E-state index contributed by atoms with van der Waals surface area (Å²) in [7, 11) is 0. The molecule has 3 fully saturated rings. The molecule has 1 aromatic rings. The minimum atomic E-state index is -0.882. The minimum absolute atomic E-state index is 0.0492. The molecule has 7 heteroatoms. The average Bonchev–Trinajstić information content (AvgIpc) is 3.33. The van der Waals surface area contributed by atoms with Gasteiger partial charge >= 0.3 is 17.8 Å². The van der Waals surface area contributed by atoms with Crippen molar-refractivity contribution in [3.05, 3.63) is 30.3 Å². The number of rotatable bonds is 5. The predicted molar refractivity (Wildman–Crippen MR) is 107 cm³/mol. The molecule has 0 N–H and O–H groups in total. The molecule has 3 aliphatic rings. The van der Waals surface area contributed by atoms with Gasteiger partial charge in [0.25, 0.3) is 0 Å². The third-order valence-corrected chi connectivity index (χ3v) is 6.31. The number of imide groups is 2. The molecule has 0 radical (unpaired) electrons. The van der Waals surface area contributed by atoms with E-state index in [-0.39, 0.29) is 18.0 Å². The number of anilines is 1. The van der Waals surface area contributed by atoms with E-state index in [1.165, 1.54) is 0 Å². The quantitative estimate of drug-likeness (QED) is 0.565. The summed E-state index contributed by atoms with van der Waals surface area (Å²) >= 11 is 0. The second kappa shape index (κ2) is 8.35. The third kappa shape index (κ3) is 3.78. The van der Waals surface area contributed by atoms with Gasteiger partial charge in [-0.05, 0) is 37.8 Å². The van der Waals surface area contributed by atoms with Crippen LogP contribution in [0.25, 0.3) is 0 Å². The van der Waals surface area contributed by atoms with Crippen molar-refractivity contribution < 1.29 is 19.2 Å². The van der Waals surface area contributed by atoms with Gasteiger partial charge in [0.1, 0.15) is 6.54 Å². The first-order valence-electron chi connectivity index (χ1n) is 10.6. The molecule has 2 saturated carbocycles. The first-order chi connectivity index (χ1) is 14.1. The largest absolute Gasteiger partial charge is 0.334 e. The number of para-hydroxylation sites is 1. The number of nitrogens with zero attached hydrogens (tertiary/aromatic N) is 3. The Morgan fingerprint density at radius 2 is 1.48 bits per heavy atom. The van der Waals surface area contributed by atoms with E-state index in [0.29, 0.717) is 0 Å². The molecule has 29 heavy (non-hydrogen) atoms. The van der Waals surface area contributed by atoms with Gasteiger partial charge in [-0.15, -0.1) is 0 Å². The van der Waals surface area contributed by atoms with Crippen LogP contribution in [0.2, 0.25) is 0 Å². The number of benzene rings is 1. The summed E-state index contributed by atoms with van der Waals surface area (Å²) in [6, 6.07) is 8.56. The maximum absolute atomic E-state index is 13.3. The van der Waals surface area contributed by atoms with Gasteiger partial charge in [-0.1, -0.05) is 50.3 Å². The fraction of sp³-hybridized carbons (Fsp3) is 0.545. The Kier molecular flexibility index (Phi) is 5.65. The van der Waals surface area contributed by atoms with Crippen LogP contribution in [-0.4, -0.2) is 52.2 Å². The van der Waals surface area contributed by atoms with Crippen molar-refractivity contribution in [3.63, 3.8) is 0 Å². The van der Waals surface area contributed by atoms with Crippen LogP contribution >= 0.6 is 0 Å². The second-order valence-electron chi connectivity index (χ2n) is 8.18. The number of carbonyl (C=O) groups is 4. The molecule has 0 unspecified atom stereocenters. The number of hydrogen-bond acceptors (Lipinski definition) is 4. The molecule has 0 spiro atoms. The Morgan fingerprint density at radius 1 is 0.862 bits per heavy atom. The average molecular weight is 397 g/mol. The Bertz CT molecular complexity index is 798. The van der Waals surface area contributed by atoms with Crippen molar-refractivity contribution in [1.82, 2.24) is 9.80 Å². The van der Waals surface area contributed by atoms with E-state index in [2.05, 4.69) is 0 Å². The fourth-order valence-corrected chi connectivity index (χ4v) is 4.84. The van der Waals surface area contributed by atoms with E-state index in [0.717, 1.165) is 73.3 Å². The zero-order valence-corrected chi connectivity index (χ0v) is 16.6. The number of amides is 5. The zero-order valence-electron chi connectivity index (χ0n) is 16.6. The molecule has 7 nitrogen and oxygen atoms in total. The molecule has 0 aromatic heterocycles. The molecule has 0 bridgehead atoms. The Morgan fingerprint density at radius 3 is 2.14 bits per heavy atom. The van der Waals surface area contributed by atoms with Gasteiger partial charge in [0, 0.05) is 17.8 Å². The number of hydrogen-bond donors (Lipinski definition) is 0. The molecule has 4 rings (SSSR count). The Hall–Kier alpha value is -2.70.